The lowest BCUT2D eigenvalue weighted by Gasteiger charge is -2.14. The first-order valence-corrected chi connectivity index (χ1v) is 7.86. The number of benzene rings is 1. The van der Waals surface area contributed by atoms with Crippen molar-refractivity contribution in [2.45, 2.75) is 51.5 Å². The van der Waals surface area contributed by atoms with E-state index in [0.717, 1.165) is 0 Å². The second kappa shape index (κ2) is 7.44. The van der Waals surface area contributed by atoms with Crippen LogP contribution in [0.15, 0.2) is 24.3 Å². The van der Waals surface area contributed by atoms with E-state index in [0.29, 0.717) is 6.04 Å². The van der Waals surface area contributed by atoms with Gasteiger partial charge in [-0.2, -0.15) is 5.10 Å². The van der Waals surface area contributed by atoms with E-state index in [1.165, 1.54) is 55.1 Å². The summed E-state index contributed by atoms with van der Waals surface area (Å²) in [6.07, 6.45) is 7.79. The monoisotopic (exact) mass is 273 g/mol. The summed E-state index contributed by atoms with van der Waals surface area (Å²) in [5.41, 5.74) is 2.41. The van der Waals surface area contributed by atoms with Gasteiger partial charge in [-0.15, -0.1) is 0 Å². The summed E-state index contributed by atoms with van der Waals surface area (Å²) in [6, 6.07) is 8.86. The zero-order valence-electron chi connectivity index (χ0n) is 13.0. The van der Waals surface area contributed by atoms with Crippen LogP contribution in [0.25, 0.3) is 10.9 Å². The van der Waals surface area contributed by atoms with Gasteiger partial charge in [-0.25, -0.2) is 0 Å². The van der Waals surface area contributed by atoms with Gasteiger partial charge in [0.15, 0.2) is 0 Å². The molecular formula is C17H27N3. The van der Waals surface area contributed by atoms with Crippen LogP contribution >= 0.6 is 0 Å². The Morgan fingerprint density at radius 3 is 2.65 bits per heavy atom. The lowest BCUT2D eigenvalue weighted by molar-refractivity contribution is 0.489. The van der Waals surface area contributed by atoms with Crippen LogP contribution in [0.5, 0.6) is 0 Å². The Balaban J connectivity index is 2.06. The Labute approximate surface area is 122 Å². The average Bonchev–Trinajstić information content (AvgIpc) is 2.81. The molecule has 0 spiro atoms. The number of aryl methyl sites for hydroxylation is 1. The van der Waals surface area contributed by atoms with Crippen molar-refractivity contribution in [2.75, 3.05) is 7.05 Å². The number of unbranched alkanes of at least 4 members (excludes halogenated alkanes) is 4. The summed E-state index contributed by atoms with van der Waals surface area (Å²) >= 11 is 0. The summed E-state index contributed by atoms with van der Waals surface area (Å²) in [5.74, 6) is 0. The van der Waals surface area contributed by atoms with Crippen LogP contribution in [0.1, 0.15) is 57.2 Å². The zero-order chi connectivity index (χ0) is 14.4. The van der Waals surface area contributed by atoms with Crippen molar-refractivity contribution in [3.8, 4) is 0 Å². The van der Waals surface area contributed by atoms with Gasteiger partial charge >= 0.3 is 0 Å². The lowest BCUT2D eigenvalue weighted by atomic mass is 10.0. The van der Waals surface area contributed by atoms with Crippen molar-refractivity contribution in [1.82, 2.24) is 15.1 Å². The van der Waals surface area contributed by atoms with Gasteiger partial charge in [0.05, 0.1) is 17.3 Å². The third-order valence-electron chi connectivity index (χ3n) is 4.06. The third-order valence-corrected chi connectivity index (χ3v) is 4.06. The Morgan fingerprint density at radius 1 is 1.15 bits per heavy atom. The van der Waals surface area contributed by atoms with Gasteiger partial charge in [-0.05, 0) is 19.5 Å². The molecule has 0 aliphatic heterocycles. The Morgan fingerprint density at radius 2 is 1.90 bits per heavy atom. The molecule has 1 aromatic carbocycles. The lowest BCUT2D eigenvalue weighted by Crippen LogP contribution is -2.17. The van der Waals surface area contributed by atoms with E-state index in [1.807, 2.05) is 18.8 Å². The van der Waals surface area contributed by atoms with Crippen molar-refractivity contribution in [1.29, 1.82) is 0 Å². The van der Waals surface area contributed by atoms with E-state index in [4.69, 9.17) is 5.10 Å². The van der Waals surface area contributed by atoms with E-state index in [2.05, 4.69) is 36.5 Å². The molecule has 3 heteroatoms. The second-order valence-corrected chi connectivity index (χ2v) is 5.57. The molecule has 2 aromatic rings. The summed E-state index contributed by atoms with van der Waals surface area (Å²) in [4.78, 5) is 0. The normalized spacial score (nSPS) is 12.9. The zero-order valence-corrected chi connectivity index (χ0v) is 13.0. The minimum Gasteiger partial charge on any atom is -0.312 e. The van der Waals surface area contributed by atoms with Gasteiger partial charge < -0.3 is 5.32 Å². The molecule has 0 saturated carbocycles. The van der Waals surface area contributed by atoms with Crippen LogP contribution in [-0.2, 0) is 7.05 Å². The number of rotatable bonds is 8. The fraction of sp³-hybridized carbons (Fsp3) is 0.588. The number of nitrogens with one attached hydrogen (secondary N) is 1. The van der Waals surface area contributed by atoms with Gasteiger partial charge in [0.1, 0.15) is 0 Å². The van der Waals surface area contributed by atoms with Crippen molar-refractivity contribution < 1.29 is 0 Å². The molecule has 0 radical (unpaired) electrons. The number of aromatic nitrogens is 2. The average molecular weight is 273 g/mol. The minimum absolute atomic E-state index is 0.364. The maximum Gasteiger partial charge on any atom is 0.0872 e. The highest BCUT2D eigenvalue weighted by Crippen LogP contribution is 2.26. The molecule has 0 saturated heterocycles. The van der Waals surface area contributed by atoms with E-state index < -0.39 is 0 Å². The Kier molecular flexibility index (Phi) is 5.60. The molecule has 3 nitrogen and oxygen atoms in total. The molecule has 20 heavy (non-hydrogen) atoms. The van der Waals surface area contributed by atoms with Gasteiger partial charge in [-0.1, -0.05) is 57.2 Å². The molecule has 1 aromatic heterocycles. The van der Waals surface area contributed by atoms with Crippen LogP contribution < -0.4 is 5.32 Å². The topological polar surface area (TPSA) is 29.9 Å². The van der Waals surface area contributed by atoms with Crippen LogP contribution in [0.4, 0.5) is 0 Å². The van der Waals surface area contributed by atoms with Gasteiger partial charge in [0.25, 0.3) is 0 Å². The number of fused-ring (bicyclic) bond motifs is 1. The molecule has 1 unspecified atom stereocenters. The highest BCUT2D eigenvalue weighted by molar-refractivity contribution is 5.82. The molecule has 110 valence electrons. The quantitative estimate of drug-likeness (QED) is 0.731. The van der Waals surface area contributed by atoms with Crippen LogP contribution in [-0.4, -0.2) is 16.8 Å². The van der Waals surface area contributed by atoms with Gasteiger partial charge in [-0.3, -0.25) is 4.68 Å². The first-order valence-electron chi connectivity index (χ1n) is 7.86. The smallest absolute Gasteiger partial charge is 0.0872 e. The number of nitrogens with zero attached hydrogens (tertiary/aromatic N) is 2. The van der Waals surface area contributed by atoms with Crippen molar-refractivity contribution >= 4 is 10.9 Å². The molecule has 1 atom stereocenters. The van der Waals surface area contributed by atoms with Crippen LogP contribution in [0, 0.1) is 0 Å². The minimum atomic E-state index is 0.364. The fourth-order valence-electron chi connectivity index (χ4n) is 2.87. The maximum absolute atomic E-state index is 4.73. The van der Waals surface area contributed by atoms with Crippen molar-refractivity contribution in [2.24, 2.45) is 7.05 Å². The molecular weight excluding hydrogens is 246 g/mol. The Bertz CT molecular complexity index is 530. The number of para-hydroxylation sites is 1. The molecule has 1 N–H and O–H groups in total. The predicted molar refractivity (Wildman–Crippen MR) is 85.9 cm³/mol. The SMILES string of the molecule is CCCCCCCC(NC)c1nn(C)c2ccccc12. The van der Waals surface area contributed by atoms with E-state index >= 15 is 0 Å². The highest BCUT2D eigenvalue weighted by Gasteiger charge is 2.16. The molecule has 0 fully saturated rings. The summed E-state index contributed by atoms with van der Waals surface area (Å²) in [7, 11) is 4.07. The van der Waals surface area contributed by atoms with Gasteiger partial charge in [0.2, 0.25) is 0 Å². The summed E-state index contributed by atoms with van der Waals surface area (Å²) in [5, 5.41) is 9.45. The van der Waals surface area contributed by atoms with E-state index in [1.54, 1.807) is 0 Å². The van der Waals surface area contributed by atoms with Gasteiger partial charge in [0, 0.05) is 12.4 Å². The first kappa shape index (κ1) is 15.0. The molecule has 0 aliphatic carbocycles. The first-order chi connectivity index (χ1) is 9.77. The number of hydrogen-bond donors (Lipinski definition) is 1. The molecule has 0 aliphatic rings. The molecule has 1 heterocycles. The van der Waals surface area contributed by atoms with E-state index in [-0.39, 0.29) is 0 Å². The summed E-state index contributed by atoms with van der Waals surface area (Å²) in [6.45, 7) is 2.26. The fourth-order valence-corrected chi connectivity index (χ4v) is 2.87. The molecule has 0 amide bonds. The number of hydrogen-bond acceptors (Lipinski definition) is 2. The van der Waals surface area contributed by atoms with Crippen LogP contribution in [0.3, 0.4) is 0 Å². The molecule has 0 bridgehead atoms. The second-order valence-electron chi connectivity index (χ2n) is 5.57. The van der Waals surface area contributed by atoms with Crippen molar-refractivity contribution in [3.05, 3.63) is 30.0 Å². The third kappa shape index (κ3) is 3.40. The van der Waals surface area contributed by atoms with Crippen molar-refractivity contribution in [3.63, 3.8) is 0 Å². The molecule has 2 rings (SSSR count). The standard InChI is InChI=1S/C17H27N3/c1-4-5-6-7-8-12-15(18-2)17-14-11-9-10-13-16(14)20(3)19-17/h9-11,13,15,18H,4-8,12H2,1-3H3. The summed E-state index contributed by atoms with van der Waals surface area (Å²) < 4.78 is 1.99. The largest absolute Gasteiger partial charge is 0.312 e. The van der Waals surface area contributed by atoms with E-state index in [9.17, 15) is 0 Å². The predicted octanol–water partition coefficient (Wildman–Crippen LogP) is 4.19. The highest BCUT2D eigenvalue weighted by atomic mass is 15.3. The Hall–Kier alpha value is -1.35. The maximum atomic E-state index is 4.73. The van der Waals surface area contributed by atoms with Crippen LogP contribution in [0.2, 0.25) is 0 Å².